The van der Waals surface area contributed by atoms with Gasteiger partial charge in [-0.3, -0.25) is 14.6 Å². The molecule has 8 nitrogen and oxygen atoms in total. The molecule has 0 fully saturated rings. The van der Waals surface area contributed by atoms with E-state index in [0.29, 0.717) is 10.8 Å². The predicted octanol–water partition coefficient (Wildman–Crippen LogP) is 2.25. The molecule has 1 amide bonds. The van der Waals surface area contributed by atoms with Crippen molar-refractivity contribution in [1.29, 1.82) is 0 Å². The maximum atomic E-state index is 12.9. The quantitative estimate of drug-likeness (QED) is 0.414. The van der Waals surface area contributed by atoms with Gasteiger partial charge in [0.25, 0.3) is 11.5 Å². The summed E-state index contributed by atoms with van der Waals surface area (Å²) in [5, 5.41) is 15.6. The second-order valence-corrected chi connectivity index (χ2v) is 6.03. The number of carbonyl (C=O) groups excluding carboxylic acids is 1. The van der Waals surface area contributed by atoms with E-state index in [-0.39, 0.29) is 23.0 Å². The van der Waals surface area contributed by atoms with Crippen molar-refractivity contribution in [3.8, 4) is 11.7 Å². The van der Waals surface area contributed by atoms with Crippen molar-refractivity contribution in [2.45, 2.75) is 0 Å². The van der Waals surface area contributed by atoms with Crippen LogP contribution in [-0.4, -0.2) is 31.8 Å². The number of fused-ring (bicyclic) bond motifs is 1. The van der Waals surface area contributed by atoms with Gasteiger partial charge in [-0.05, 0) is 30.3 Å². The lowest BCUT2D eigenvalue weighted by Crippen LogP contribution is -2.22. The van der Waals surface area contributed by atoms with E-state index in [1.807, 2.05) is 0 Å². The minimum Gasteiger partial charge on any atom is -0.494 e. The molecule has 4 rings (SSSR count). The summed E-state index contributed by atoms with van der Waals surface area (Å²) in [6, 6.07) is 16.8. The molecule has 1 aromatic carbocycles. The van der Waals surface area contributed by atoms with E-state index >= 15 is 0 Å². The normalized spacial score (nSPS) is 11.0. The molecule has 0 saturated carbocycles. The number of amides is 1. The molecule has 0 aliphatic heterocycles. The van der Waals surface area contributed by atoms with Crippen LogP contribution in [-0.2, 0) is 0 Å². The molecule has 0 atom stereocenters. The summed E-state index contributed by atoms with van der Waals surface area (Å²) in [5.74, 6) is -0.556. The van der Waals surface area contributed by atoms with Crippen molar-refractivity contribution in [2.24, 2.45) is 5.10 Å². The van der Waals surface area contributed by atoms with Crippen LogP contribution in [0.15, 0.2) is 83.0 Å². The molecule has 8 heteroatoms. The average molecular weight is 385 g/mol. The van der Waals surface area contributed by atoms with Gasteiger partial charge in [0.1, 0.15) is 11.5 Å². The minimum atomic E-state index is -0.497. The van der Waals surface area contributed by atoms with Gasteiger partial charge in [-0.15, -0.1) is 0 Å². The van der Waals surface area contributed by atoms with E-state index in [1.54, 1.807) is 60.7 Å². The molecule has 0 aliphatic rings. The topological polar surface area (TPSA) is 109 Å². The zero-order valence-electron chi connectivity index (χ0n) is 15.1. The van der Waals surface area contributed by atoms with Gasteiger partial charge >= 0.3 is 0 Å². The number of nitrogens with one attached hydrogen (secondary N) is 1. The van der Waals surface area contributed by atoms with Crippen LogP contribution in [0.4, 0.5) is 0 Å². The van der Waals surface area contributed by atoms with E-state index in [1.165, 1.54) is 18.6 Å². The number of aromatic hydroxyl groups is 1. The smallest absolute Gasteiger partial charge is 0.289 e. The van der Waals surface area contributed by atoms with Crippen molar-refractivity contribution >= 4 is 22.9 Å². The summed E-state index contributed by atoms with van der Waals surface area (Å²) < 4.78 is 1.10. The maximum Gasteiger partial charge on any atom is 0.289 e. The van der Waals surface area contributed by atoms with Gasteiger partial charge in [-0.2, -0.15) is 5.10 Å². The molecule has 0 aliphatic carbocycles. The molecule has 0 spiro atoms. The highest BCUT2D eigenvalue weighted by molar-refractivity contribution is 6.02. The standard InChI is InChI=1S/C21H15N5O3/c27-19(17-9-3-5-11-22-17)25-24-13-16-14-7-1-2-8-15(14)20(28)26(21(16)29)18-10-4-6-12-23-18/h1-13,29H,(H,25,27)/b24-13+. The number of rotatable bonds is 4. The summed E-state index contributed by atoms with van der Waals surface area (Å²) in [6.07, 6.45) is 4.31. The predicted molar refractivity (Wildman–Crippen MR) is 108 cm³/mol. The van der Waals surface area contributed by atoms with Crippen LogP contribution >= 0.6 is 0 Å². The van der Waals surface area contributed by atoms with Crippen LogP contribution in [0, 0.1) is 0 Å². The van der Waals surface area contributed by atoms with E-state index < -0.39 is 11.5 Å². The van der Waals surface area contributed by atoms with Gasteiger partial charge in [0, 0.05) is 23.2 Å². The molecule has 0 radical (unpaired) electrons. The van der Waals surface area contributed by atoms with E-state index in [0.717, 1.165) is 4.57 Å². The Balaban J connectivity index is 1.80. The molecule has 3 aromatic heterocycles. The third-order valence-electron chi connectivity index (χ3n) is 4.24. The lowest BCUT2D eigenvalue weighted by Gasteiger charge is -2.12. The van der Waals surface area contributed by atoms with Crippen molar-refractivity contribution in [1.82, 2.24) is 20.0 Å². The van der Waals surface area contributed by atoms with Crippen molar-refractivity contribution in [2.75, 3.05) is 0 Å². The van der Waals surface area contributed by atoms with Crippen molar-refractivity contribution in [3.63, 3.8) is 0 Å². The fourth-order valence-electron chi connectivity index (χ4n) is 2.90. The summed E-state index contributed by atoms with van der Waals surface area (Å²) in [4.78, 5) is 33.1. The molecule has 4 aromatic rings. The third kappa shape index (κ3) is 3.46. The van der Waals surface area contributed by atoms with Gasteiger partial charge < -0.3 is 5.11 Å². The Morgan fingerprint density at radius 2 is 1.66 bits per heavy atom. The van der Waals surface area contributed by atoms with Gasteiger partial charge in [-0.1, -0.05) is 30.3 Å². The molecule has 0 unspecified atom stereocenters. The highest BCUT2D eigenvalue weighted by atomic mass is 16.3. The average Bonchev–Trinajstić information content (AvgIpc) is 2.77. The Kier molecular flexibility index (Phi) is 4.81. The lowest BCUT2D eigenvalue weighted by molar-refractivity contribution is 0.0950. The largest absolute Gasteiger partial charge is 0.494 e. The van der Waals surface area contributed by atoms with Gasteiger partial charge in [0.2, 0.25) is 5.88 Å². The number of aromatic nitrogens is 3. The van der Waals surface area contributed by atoms with E-state index in [4.69, 9.17) is 0 Å². The highest BCUT2D eigenvalue weighted by Crippen LogP contribution is 2.24. The zero-order chi connectivity index (χ0) is 20.2. The number of benzene rings is 1. The summed E-state index contributed by atoms with van der Waals surface area (Å²) in [7, 11) is 0. The summed E-state index contributed by atoms with van der Waals surface area (Å²) in [5.41, 5.74) is 2.43. The maximum absolute atomic E-state index is 12.9. The Bertz CT molecular complexity index is 1270. The number of nitrogens with zero attached hydrogens (tertiary/aromatic N) is 4. The van der Waals surface area contributed by atoms with E-state index in [2.05, 4.69) is 20.5 Å². The Labute approximate surface area is 164 Å². The minimum absolute atomic E-state index is 0.206. The molecule has 2 N–H and O–H groups in total. The molecule has 29 heavy (non-hydrogen) atoms. The first-order valence-electron chi connectivity index (χ1n) is 8.69. The molecular formula is C21H15N5O3. The van der Waals surface area contributed by atoms with Crippen LogP contribution in [0.1, 0.15) is 16.1 Å². The lowest BCUT2D eigenvalue weighted by atomic mass is 10.1. The SMILES string of the molecule is O=C(N/N=C/c1c(O)n(-c2ccccn2)c(=O)c2ccccc12)c1ccccn1. The van der Waals surface area contributed by atoms with Crippen LogP contribution in [0.3, 0.4) is 0 Å². The number of hydrogen-bond acceptors (Lipinski definition) is 6. The number of hydrogen-bond donors (Lipinski definition) is 2. The Morgan fingerprint density at radius 3 is 2.34 bits per heavy atom. The fraction of sp³-hybridized carbons (Fsp3) is 0. The molecule has 3 heterocycles. The first-order chi connectivity index (χ1) is 14.2. The zero-order valence-corrected chi connectivity index (χ0v) is 15.1. The third-order valence-corrected chi connectivity index (χ3v) is 4.24. The van der Waals surface area contributed by atoms with Gasteiger partial charge in [0.15, 0.2) is 0 Å². The molecule has 0 saturated heterocycles. The number of hydrazone groups is 1. The van der Waals surface area contributed by atoms with Gasteiger partial charge in [0.05, 0.1) is 11.8 Å². The molecular weight excluding hydrogens is 370 g/mol. The van der Waals surface area contributed by atoms with Crippen LogP contribution in [0.2, 0.25) is 0 Å². The Hall–Kier alpha value is -4.33. The second-order valence-electron chi connectivity index (χ2n) is 6.03. The second kappa shape index (κ2) is 7.73. The summed E-state index contributed by atoms with van der Waals surface area (Å²) in [6.45, 7) is 0. The first kappa shape index (κ1) is 18.1. The number of pyridine rings is 3. The first-order valence-corrected chi connectivity index (χ1v) is 8.69. The fourth-order valence-corrected chi connectivity index (χ4v) is 2.90. The monoisotopic (exact) mass is 385 g/mol. The molecule has 0 bridgehead atoms. The van der Waals surface area contributed by atoms with Crippen LogP contribution in [0.25, 0.3) is 16.6 Å². The number of carbonyl (C=O) groups is 1. The van der Waals surface area contributed by atoms with Crippen molar-refractivity contribution < 1.29 is 9.90 Å². The summed E-state index contributed by atoms with van der Waals surface area (Å²) >= 11 is 0. The van der Waals surface area contributed by atoms with Crippen molar-refractivity contribution in [3.05, 3.63) is 94.7 Å². The van der Waals surface area contributed by atoms with E-state index in [9.17, 15) is 14.7 Å². The molecule has 142 valence electrons. The van der Waals surface area contributed by atoms with Gasteiger partial charge in [-0.25, -0.2) is 15.0 Å². The Morgan fingerprint density at radius 1 is 0.966 bits per heavy atom. The van der Waals surface area contributed by atoms with Crippen LogP contribution in [0.5, 0.6) is 5.88 Å². The highest BCUT2D eigenvalue weighted by Gasteiger charge is 2.16. The van der Waals surface area contributed by atoms with Crippen LogP contribution < -0.4 is 11.0 Å².